The minimum absolute atomic E-state index is 0.325. The molecular formula is C17H27NO. The number of hydrogen-bond donors (Lipinski definition) is 1. The van der Waals surface area contributed by atoms with Crippen LogP contribution in [0.15, 0.2) is 24.3 Å². The first kappa shape index (κ1) is 14.5. The molecule has 0 radical (unpaired) electrons. The van der Waals surface area contributed by atoms with Crippen molar-refractivity contribution in [2.75, 3.05) is 13.7 Å². The molecular weight excluding hydrogens is 234 g/mol. The SMILES string of the molecule is CCC(C)c1ccc(C(NC)C2CCCCO2)cc1. The van der Waals surface area contributed by atoms with Gasteiger partial charge in [0.25, 0.3) is 0 Å². The third-order valence-electron chi connectivity index (χ3n) is 4.37. The van der Waals surface area contributed by atoms with Gasteiger partial charge >= 0.3 is 0 Å². The summed E-state index contributed by atoms with van der Waals surface area (Å²) in [4.78, 5) is 0. The maximum Gasteiger partial charge on any atom is 0.0769 e. The molecule has 1 aliphatic rings. The summed E-state index contributed by atoms with van der Waals surface area (Å²) in [6.07, 6.45) is 5.18. The number of rotatable bonds is 5. The lowest BCUT2D eigenvalue weighted by Crippen LogP contribution is -2.34. The van der Waals surface area contributed by atoms with Crippen molar-refractivity contribution in [1.29, 1.82) is 0 Å². The maximum atomic E-state index is 5.92. The van der Waals surface area contributed by atoms with Crippen molar-refractivity contribution in [3.8, 4) is 0 Å². The maximum absolute atomic E-state index is 5.92. The van der Waals surface area contributed by atoms with Crippen LogP contribution < -0.4 is 5.32 Å². The van der Waals surface area contributed by atoms with Crippen molar-refractivity contribution in [3.63, 3.8) is 0 Å². The number of hydrogen-bond acceptors (Lipinski definition) is 2. The molecule has 1 N–H and O–H groups in total. The first-order valence-corrected chi connectivity index (χ1v) is 7.65. The molecule has 2 heteroatoms. The molecule has 0 saturated carbocycles. The van der Waals surface area contributed by atoms with Crippen LogP contribution in [0, 0.1) is 0 Å². The van der Waals surface area contributed by atoms with E-state index in [0.29, 0.717) is 18.1 Å². The molecule has 106 valence electrons. The minimum Gasteiger partial charge on any atom is -0.376 e. The molecule has 0 aliphatic carbocycles. The minimum atomic E-state index is 0.325. The Morgan fingerprint density at radius 1 is 1.21 bits per heavy atom. The molecule has 0 aromatic heterocycles. The van der Waals surface area contributed by atoms with E-state index in [1.54, 1.807) is 0 Å². The van der Waals surface area contributed by atoms with Crippen LogP contribution in [0.4, 0.5) is 0 Å². The highest BCUT2D eigenvalue weighted by Gasteiger charge is 2.24. The Kier molecular flexibility index (Phi) is 5.41. The van der Waals surface area contributed by atoms with Crippen LogP contribution in [-0.2, 0) is 4.74 Å². The number of benzene rings is 1. The lowest BCUT2D eigenvalue weighted by molar-refractivity contribution is -0.00662. The quantitative estimate of drug-likeness (QED) is 0.864. The first-order chi connectivity index (χ1) is 9.26. The van der Waals surface area contributed by atoms with E-state index in [2.05, 4.69) is 43.4 Å². The van der Waals surface area contributed by atoms with Crippen molar-refractivity contribution in [1.82, 2.24) is 5.32 Å². The summed E-state index contributed by atoms with van der Waals surface area (Å²) in [6.45, 7) is 5.44. The summed E-state index contributed by atoms with van der Waals surface area (Å²) in [5.74, 6) is 0.646. The van der Waals surface area contributed by atoms with Crippen LogP contribution in [0.3, 0.4) is 0 Å². The molecule has 3 unspecified atom stereocenters. The van der Waals surface area contributed by atoms with Crippen LogP contribution in [0.2, 0.25) is 0 Å². The zero-order valence-corrected chi connectivity index (χ0v) is 12.5. The lowest BCUT2D eigenvalue weighted by atomic mass is 9.92. The summed E-state index contributed by atoms with van der Waals surface area (Å²) >= 11 is 0. The van der Waals surface area contributed by atoms with Crippen molar-refractivity contribution in [3.05, 3.63) is 35.4 Å². The Bertz CT molecular complexity index is 367. The largest absolute Gasteiger partial charge is 0.376 e. The molecule has 0 bridgehead atoms. The van der Waals surface area contributed by atoms with Gasteiger partial charge in [-0.3, -0.25) is 0 Å². The van der Waals surface area contributed by atoms with Gasteiger partial charge in [-0.25, -0.2) is 0 Å². The van der Waals surface area contributed by atoms with Crippen molar-refractivity contribution >= 4 is 0 Å². The normalized spacial score (nSPS) is 23.0. The molecule has 0 amide bonds. The molecule has 2 nitrogen and oxygen atoms in total. The summed E-state index contributed by atoms with van der Waals surface area (Å²) in [7, 11) is 2.03. The molecule has 1 aromatic carbocycles. The van der Waals surface area contributed by atoms with E-state index in [4.69, 9.17) is 4.74 Å². The van der Waals surface area contributed by atoms with Gasteiger partial charge in [0.05, 0.1) is 12.1 Å². The van der Waals surface area contributed by atoms with Crippen LogP contribution >= 0.6 is 0 Å². The van der Waals surface area contributed by atoms with E-state index in [9.17, 15) is 0 Å². The van der Waals surface area contributed by atoms with Gasteiger partial charge in [0.1, 0.15) is 0 Å². The average Bonchev–Trinajstić information content (AvgIpc) is 2.49. The predicted octanol–water partition coefficient (Wildman–Crippen LogP) is 4.03. The smallest absolute Gasteiger partial charge is 0.0769 e. The molecule has 1 saturated heterocycles. The fourth-order valence-corrected chi connectivity index (χ4v) is 2.86. The molecule has 0 spiro atoms. The highest BCUT2D eigenvalue weighted by Crippen LogP contribution is 2.27. The Morgan fingerprint density at radius 2 is 1.89 bits per heavy atom. The standard InChI is InChI=1S/C17H27NO/c1-4-13(2)14-8-10-15(11-9-14)17(18-3)16-7-5-6-12-19-16/h8-11,13,16-18H,4-7,12H2,1-3H3. The van der Waals surface area contributed by atoms with Crippen molar-refractivity contribution < 1.29 is 4.74 Å². The third kappa shape index (κ3) is 3.58. The molecule has 1 aromatic rings. The molecule has 3 atom stereocenters. The van der Waals surface area contributed by atoms with Gasteiger partial charge in [-0.05, 0) is 49.8 Å². The fraction of sp³-hybridized carbons (Fsp3) is 0.647. The Balaban J connectivity index is 2.09. The Labute approximate surface area is 117 Å². The van der Waals surface area contributed by atoms with E-state index in [1.807, 2.05) is 7.05 Å². The summed E-state index contributed by atoms with van der Waals surface area (Å²) in [5, 5.41) is 3.43. The fourth-order valence-electron chi connectivity index (χ4n) is 2.86. The highest BCUT2D eigenvalue weighted by atomic mass is 16.5. The second-order valence-electron chi connectivity index (χ2n) is 5.65. The van der Waals surface area contributed by atoms with E-state index >= 15 is 0 Å². The van der Waals surface area contributed by atoms with E-state index in [0.717, 1.165) is 6.61 Å². The van der Waals surface area contributed by atoms with Gasteiger partial charge in [-0.1, -0.05) is 38.1 Å². The average molecular weight is 261 g/mol. The van der Waals surface area contributed by atoms with Crippen molar-refractivity contribution in [2.45, 2.75) is 57.6 Å². The van der Waals surface area contributed by atoms with Gasteiger partial charge in [0.15, 0.2) is 0 Å². The number of ether oxygens (including phenoxy) is 1. The zero-order valence-electron chi connectivity index (χ0n) is 12.5. The molecule has 1 heterocycles. The van der Waals surface area contributed by atoms with Gasteiger partial charge < -0.3 is 10.1 Å². The van der Waals surface area contributed by atoms with E-state index in [1.165, 1.54) is 36.8 Å². The molecule has 19 heavy (non-hydrogen) atoms. The molecule has 1 aliphatic heterocycles. The van der Waals surface area contributed by atoms with Gasteiger partial charge in [0.2, 0.25) is 0 Å². The summed E-state index contributed by atoms with van der Waals surface area (Å²) in [5.41, 5.74) is 2.78. The Hall–Kier alpha value is -0.860. The first-order valence-electron chi connectivity index (χ1n) is 7.65. The third-order valence-corrected chi connectivity index (χ3v) is 4.37. The zero-order chi connectivity index (χ0) is 13.7. The Morgan fingerprint density at radius 3 is 2.42 bits per heavy atom. The second kappa shape index (κ2) is 7.06. The van der Waals surface area contributed by atoms with Crippen LogP contribution in [0.5, 0.6) is 0 Å². The van der Waals surface area contributed by atoms with Crippen molar-refractivity contribution in [2.24, 2.45) is 0 Å². The van der Waals surface area contributed by atoms with Crippen LogP contribution in [0.25, 0.3) is 0 Å². The van der Waals surface area contributed by atoms with Crippen LogP contribution in [-0.4, -0.2) is 19.8 Å². The predicted molar refractivity (Wildman–Crippen MR) is 80.5 cm³/mol. The number of likely N-dealkylation sites (N-methyl/N-ethyl adjacent to an activating group) is 1. The van der Waals surface area contributed by atoms with Crippen LogP contribution in [0.1, 0.15) is 62.6 Å². The second-order valence-corrected chi connectivity index (χ2v) is 5.65. The van der Waals surface area contributed by atoms with Gasteiger partial charge in [0, 0.05) is 6.61 Å². The lowest BCUT2D eigenvalue weighted by Gasteiger charge is -2.30. The van der Waals surface area contributed by atoms with Gasteiger partial charge in [-0.15, -0.1) is 0 Å². The van der Waals surface area contributed by atoms with Gasteiger partial charge in [-0.2, -0.15) is 0 Å². The summed E-state index contributed by atoms with van der Waals surface area (Å²) in [6, 6.07) is 9.40. The monoisotopic (exact) mass is 261 g/mol. The molecule has 1 fully saturated rings. The number of nitrogens with one attached hydrogen (secondary N) is 1. The molecule has 2 rings (SSSR count). The van der Waals surface area contributed by atoms with E-state index in [-0.39, 0.29) is 0 Å². The topological polar surface area (TPSA) is 21.3 Å². The van der Waals surface area contributed by atoms with E-state index < -0.39 is 0 Å². The summed E-state index contributed by atoms with van der Waals surface area (Å²) < 4.78 is 5.92. The highest BCUT2D eigenvalue weighted by molar-refractivity contribution is 5.27.